The van der Waals surface area contributed by atoms with Gasteiger partial charge in [0.1, 0.15) is 16.4 Å². The number of para-hydroxylation sites is 2. The number of carbonyl (C=O) groups excluding carboxylic acids is 1. The number of carbonyl (C=O) groups is 1. The molecule has 0 radical (unpaired) electrons. The van der Waals surface area contributed by atoms with Crippen molar-refractivity contribution in [1.82, 2.24) is 19.9 Å². The summed E-state index contributed by atoms with van der Waals surface area (Å²) in [6.45, 7) is 5.75. The molecule has 3 atom stereocenters. The van der Waals surface area contributed by atoms with Gasteiger partial charge < -0.3 is 14.6 Å². The monoisotopic (exact) mass is 492 g/mol. The van der Waals surface area contributed by atoms with Crippen molar-refractivity contribution >= 4 is 33.9 Å². The quantitative estimate of drug-likeness (QED) is 0.366. The van der Waals surface area contributed by atoms with E-state index in [4.69, 9.17) is 9.72 Å². The second kappa shape index (κ2) is 10.2. The van der Waals surface area contributed by atoms with E-state index in [2.05, 4.69) is 34.1 Å². The Morgan fingerprint density at radius 2 is 2.14 bits per heavy atom. The Balaban J connectivity index is 1.22. The summed E-state index contributed by atoms with van der Waals surface area (Å²) in [5, 5.41) is 3.18. The molecule has 0 spiro atoms. The molecule has 0 aliphatic heterocycles. The van der Waals surface area contributed by atoms with Gasteiger partial charge in [0.05, 0.1) is 17.0 Å². The number of aryl methyl sites for hydroxylation is 1. The summed E-state index contributed by atoms with van der Waals surface area (Å²) >= 11 is 1.71. The molecule has 35 heavy (non-hydrogen) atoms. The number of rotatable bonds is 10. The third-order valence-corrected chi connectivity index (χ3v) is 8.50. The first-order valence-electron chi connectivity index (χ1n) is 12.9. The highest BCUT2D eigenvalue weighted by Gasteiger charge is 2.50. The average Bonchev–Trinajstić information content (AvgIpc) is 3.53. The maximum absolute atomic E-state index is 12.8. The number of allylic oxidation sites excluding steroid dienone is 1. The van der Waals surface area contributed by atoms with E-state index in [1.165, 1.54) is 5.57 Å². The average molecular weight is 493 g/mol. The van der Waals surface area contributed by atoms with E-state index in [1.54, 1.807) is 11.3 Å². The molecule has 7 heteroatoms. The zero-order valence-corrected chi connectivity index (χ0v) is 21.8. The lowest BCUT2D eigenvalue weighted by molar-refractivity contribution is -0.176. The number of ether oxygens (including phenoxy) is 1. The molecule has 3 aliphatic rings. The van der Waals surface area contributed by atoms with Gasteiger partial charge in [0.2, 0.25) is 0 Å². The first-order chi connectivity index (χ1) is 16.9. The smallest absolute Gasteiger partial charge is 0.308 e. The van der Waals surface area contributed by atoms with Crippen LogP contribution in [0.25, 0.3) is 16.6 Å². The summed E-state index contributed by atoms with van der Waals surface area (Å²) in [4.78, 5) is 27.8. The van der Waals surface area contributed by atoms with Crippen molar-refractivity contribution in [2.75, 3.05) is 20.1 Å². The number of nitrogens with zero attached hydrogens (tertiary/aromatic N) is 3. The van der Waals surface area contributed by atoms with Crippen LogP contribution in [0.4, 0.5) is 0 Å². The van der Waals surface area contributed by atoms with Gasteiger partial charge in [-0.05, 0) is 62.9 Å². The van der Waals surface area contributed by atoms with Gasteiger partial charge in [-0.2, -0.15) is 0 Å². The van der Waals surface area contributed by atoms with Crippen LogP contribution < -0.4 is 0 Å². The van der Waals surface area contributed by atoms with Gasteiger partial charge in [-0.25, -0.2) is 9.97 Å². The third kappa shape index (κ3) is 5.21. The van der Waals surface area contributed by atoms with Gasteiger partial charge in [0.15, 0.2) is 0 Å². The zero-order chi connectivity index (χ0) is 24.4. The van der Waals surface area contributed by atoms with Crippen LogP contribution in [-0.2, 0) is 16.0 Å². The zero-order valence-electron chi connectivity index (χ0n) is 21.0. The minimum Gasteiger partial charge on any atom is -0.458 e. The molecular formula is C28H36N4O2S. The molecule has 1 fully saturated rings. The van der Waals surface area contributed by atoms with E-state index >= 15 is 0 Å². The Labute approximate surface area is 211 Å². The van der Waals surface area contributed by atoms with Gasteiger partial charge in [-0.15, -0.1) is 11.3 Å². The van der Waals surface area contributed by atoms with E-state index in [1.807, 2.05) is 43.6 Å². The Hall–Kier alpha value is -2.51. The molecule has 3 aromatic rings. The van der Waals surface area contributed by atoms with Crippen LogP contribution in [0.15, 0.2) is 41.9 Å². The van der Waals surface area contributed by atoms with E-state index in [-0.39, 0.29) is 17.8 Å². The van der Waals surface area contributed by atoms with Crippen LogP contribution in [0.3, 0.4) is 0 Å². The number of hydrogen-bond acceptors (Lipinski definition) is 6. The molecular weight excluding hydrogens is 456 g/mol. The standard InChI is InChI=1S/C28H36N4O2S/c1-19(2)27(33)34-28(18-20-10-11-21(28)17-22(20)26-29-13-16-35-26)12-15-32(3)14-6-9-25-30-23-7-4-5-8-24(23)31-25/h4-5,7-8,13,16-17,19-21H,6,9-12,14-15,18H2,1-3H3,(H,30,31)/t20-,21-,28+/m1/s1. The highest BCUT2D eigenvalue weighted by Crippen LogP contribution is 2.53. The van der Waals surface area contributed by atoms with Crippen molar-refractivity contribution in [1.29, 1.82) is 0 Å². The fourth-order valence-electron chi connectivity index (χ4n) is 5.69. The number of H-pyrrole nitrogens is 1. The molecule has 186 valence electrons. The number of hydrogen-bond donors (Lipinski definition) is 1. The van der Waals surface area contributed by atoms with Gasteiger partial charge in [0, 0.05) is 36.9 Å². The minimum absolute atomic E-state index is 0.0747. The molecule has 3 aliphatic carbocycles. The second-order valence-corrected chi connectivity index (χ2v) is 11.4. The molecule has 2 bridgehead atoms. The lowest BCUT2D eigenvalue weighted by atomic mass is 9.61. The van der Waals surface area contributed by atoms with Crippen molar-refractivity contribution in [2.45, 2.75) is 58.0 Å². The number of fused-ring (bicyclic) bond motifs is 3. The largest absolute Gasteiger partial charge is 0.458 e. The fourth-order valence-corrected chi connectivity index (χ4v) is 6.43. The van der Waals surface area contributed by atoms with Gasteiger partial charge in [0.25, 0.3) is 0 Å². The number of thiazole rings is 1. The molecule has 1 aromatic carbocycles. The molecule has 6 nitrogen and oxygen atoms in total. The topological polar surface area (TPSA) is 71.1 Å². The van der Waals surface area contributed by atoms with E-state index in [9.17, 15) is 4.79 Å². The van der Waals surface area contributed by atoms with Crippen molar-refractivity contribution in [2.24, 2.45) is 17.8 Å². The second-order valence-electron chi connectivity index (χ2n) is 10.5. The predicted molar refractivity (Wildman–Crippen MR) is 141 cm³/mol. The maximum atomic E-state index is 12.8. The Bertz CT molecular complexity index is 1150. The van der Waals surface area contributed by atoms with Crippen molar-refractivity contribution in [3.05, 3.63) is 52.8 Å². The predicted octanol–water partition coefficient (Wildman–Crippen LogP) is 5.73. The van der Waals surface area contributed by atoms with Crippen molar-refractivity contribution in [3.63, 3.8) is 0 Å². The molecule has 0 unspecified atom stereocenters. The first kappa shape index (κ1) is 24.2. The molecule has 2 heterocycles. The molecule has 1 N–H and O–H groups in total. The summed E-state index contributed by atoms with van der Waals surface area (Å²) in [5.74, 6) is 1.54. The summed E-state index contributed by atoms with van der Waals surface area (Å²) in [6, 6.07) is 8.18. The van der Waals surface area contributed by atoms with Gasteiger partial charge >= 0.3 is 5.97 Å². The molecule has 0 amide bonds. The fraction of sp³-hybridized carbons (Fsp3) is 0.536. The van der Waals surface area contributed by atoms with Crippen molar-refractivity contribution in [3.8, 4) is 0 Å². The number of imidazole rings is 1. The summed E-state index contributed by atoms with van der Waals surface area (Å²) in [7, 11) is 2.18. The van der Waals surface area contributed by atoms with Crippen LogP contribution in [0.2, 0.25) is 0 Å². The van der Waals surface area contributed by atoms with Gasteiger partial charge in [-0.1, -0.05) is 32.1 Å². The number of aromatic amines is 1. The van der Waals surface area contributed by atoms with Crippen LogP contribution in [0.5, 0.6) is 0 Å². The van der Waals surface area contributed by atoms with Crippen LogP contribution in [0, 0.1) is 17.8 Å². The lowest BCUT2D eigenvalue weighted by Gasteiger charge is -2.50. The maximum Gasteiger partial charge on any atom is 0.308 e. The molecule has 0 saturated heterocycles. The SMILES string of the molecule is CC(C)C(=O)O[C@@]1(CCN(C)CCCc2nc3ccccc3[nH]2)C[C@H]2CC[C@@H]1C=C2c1nccs1. The number of nitrogens with one attached hydrogen (secondary N) is 1. The Kier molecular flexibility index (Phi) is 7.07. The summed E-state index contributed by atoms with van der Waals surface area (Å²) in [6.07, 6.45) is 10.3. The minimum atomic E-state index is -0.405. The summed E-state index contributed by atoms with van der Waals surface area (Å²) in [5.41, 5.74) is 3.09. The normalized spacial score (nSPS) is 23.9. The van der Waals surface area contributed by atoms with E-state index in [0.717, 1.165) is 73.5 Å². The Morgan fingerprint density at radius 3 is 2.86 bits per heavy atom. The lowest BCUT2D eigenvalue weighted by Crippen LogP contribution is -2.51. The third-order valence-electron chi connectivity index (χ3n) is 7.68. The van der Waals surface area contributed by atoms with Gasteiger partial charge in [-0.3, -0.25) is 4.79 Å². The van der Waals surface area contributed by atoms with Crippen LogP contribution >= 0.6 is 11.3 Å². The van der Waals surface area contributed by atoms with Crippen LogP contribution in [0.1, 0.15) is 56.8 Å². The number of aromatic nitrogens is 3. The highest BCUT2D eigenvalue weighted by atomic mass is 32.1. The molecule has 1 saturated carbocycles. The Morgan fingerprint density at radius 1 is 1.29 bits per heavy atom. The summed E-state index contributed by atoms with van der Waals surface area (Å²) < 4.78 is 6.36. The molecule has 2 aromatic heterocycles. The van der Waals surface area contributed by atoms with E-state index in [0.29, 0.717) is 5.92 Å². The number of esters is 1. The number of benzene rings is 1. The highest BCUT2D eigenvalue weighted by molar-refractivity contribution is 7.10. The molecule has 6 rings (SSSR count). The van der Waals surface area contributed by atoms with Crippen LogP contribution in [-0.4, -0.2) is 51.6 Å². The first-order valence-corrected chi connectivity index (χ1v) is 13.8. The van der Waals surface area contributed by atoms with E-state index < -0.39 is 5.60 Å². The van der Waals surface area contributed by atoms with Crippen molar-refractivity contribution < 1.29 is 9.53 Å².